The lowest BCUT2D eigenvalue weighted by atomic mass is 9.74. The van der Waals surface area contributed by atoms with E-state index in [9.17, 15) is 0 Å². The maximum atomic E-state index is 5.96. The molecule has 0 aromatic rings. The first-order chi connectivity index (χ1) is 5.77. The van der Waals surface area contributed by atoms with Gasteiger partial charge in [-0.25, -0.2) is 0 Å². The van der Waals surface area contributed by atoms with Gasteiger partial charge in [0, 0.05) is 6.04 Å². The van der Waals surface area contributed by atoms with Gasteiger partial charge < -0.3 is 5.73 Å². The fraction of sp³-hybridized carbons (Fsp3) is 1.00. The van der Waals surface area contributed by atoms with E-state index in [1.54, 1.807) is 0 Å². The maximum Gasteiger partial charge on any atom is 0.00416 e. The first-order valence-electron chi connectivity index (χ1n) is 5.53. The van der Waals surface area contributed by atoms with Crippen LogP contribution in [0.2, 0.25) is 0 Å². The standard InChI is InChI=1S/C11H23N/c1-3-5-10-6-7-11(12)8-9(10)4-2/h9-11H,3-8,12H2,1-2H3. The van der Waals surface area contributed by atoms with Gasteiger partial charge in [0.2, 0.25) is 0 Å². The second-order valence-electron chi connectivity index (χ2n) is 4.29. The van der Waals surface area contributed by atoms with Gasteiger partial charge in [-0.3, -0.25) is 0 Å². The highest BCUT2D eigenvalue weighted by Crippen LogP contribution is 2.34. The molecule has 0 aromatic heterocycles. The highest BCUT2D eigenvalue weighted by molar-refractivity contribution is 4.80. The van der Waals surface area contributed by atoms with Gasteiger partial charge in [0.05, 0.1) is 0 Å². The van der Waals surface area contributed by atoms with Crippen LogP contribution in [0.3, 0.4) is 0 Å². The summed E-state index contributed by atoms with van der Waals surface area (Å²) in [7, 11) is 0. The summed E-state index contributed by atoms with van der Waals surface area (Å²) in [6.07, 6.45) is 8.02. The Hall–Kier alpha value is -0.0400. The SMILES string of the molecule is CCCC1CCC(N)CC1CC. The van der Waals surface area contributed by atoms with E-state index in [1.807, 2.05) is 0 Å². The summed E-state index contributed by atoms with van der Waals surface area (Å²) in [6.45, 7) is 4.60. The molecule has 3 unspecified atom stereocenters. The molecule has 0 heterocycles. The van der Waals surface area contributed by atoms with Gasteiger partial charge in [0.15, 0.2) is 0 Å². The summed E-state index contributed by atoms with van der Waals surface area (Å²) in [6, 6.07) is 0.503. The average molecular weight is 169 g/mol. The topological polar surface area (TPSA) is 26.0 Å². The molecule has 1 heteroatoms. The van der Waals surface area contributed by atoms with E-state index in [1.165, 1.54) is 38.5 Å². The van der Waals surface area contributed by atoms with Crippen LogP contribution in [0.1, 0.15) is 52.4 Å². The van der Waals surface area contributed by atoms with Crippen molar-refractivity contribution in [2.24, 2.45) is 17.6 Å². The van der Waals surface area contributed by atoms with E-state index in [2.05, 4.69) is 13.8 Å². The Balaban J connectivity index is 2.39. The predicted molar refractivity (Wildman–Crippen MR) is 54.0 cm³/mol. The third-order valence-electron chi connectivity index (χ3n) is 3.36. The maximum absolute atomic E-state index is 5.96. The molecule has 1 aliphatic rings. The fourth-order valence-corrected chi connectivity index (χ4v) is 2.61. The number of rotatable bonds is 3. The van der Waals surface area contributed by atoms with Gasteiger partial charge in [-0.2, -0.15) is 0 Å². The van der Waals surface area contributed by atoms with E-state index < -0.39 is 0 Å². The molecule has 0 spiro atoms. The molecule has 12 heavy (non-hydrogen) atoms. The normalized spacial score (nSPS) is 36.8. The minimum absolute atomic E-state index is 0.503. The van der Waals surface area contributed by atoms with Crippen molar-refractivity contribution in [1.29, 1.82) is 0 Å². The lowest BCUT2D eigenvalue weighted by Gasteiger charge is -2.34. The Kier molecular flexibility index (Phi) is 4.07. The minimum Gasteiger partial charge on any atom is -0.328 e. The largest absolute Gasteiger partial charge is 0.328 e. The van der Waals surface area contributed by atoms with Crippen LogP contribution in [0.15, 0.2) is 0 Å². The summed E-state index contributed by atoms with van der Waals surface area (Å²) in [4.78, 5) is 0. The van der Waals surface area contributed by atoms with Gasteiger partial charge in [-0.1, -0.05) is 33.1 Å². The van der Waals surface area contributed by atoms with E-state index in [4.69, 9.17) is 5.73 Å². The molecule has 0 saturated heterocycles. The molecule has 2 N–H and O–H groups in total. The quantitative estimate of drug-likeness (QED) is 0.690. The number of hydrogen-bond donors (Lipinski definition) is 1. The third-order valence-corrected chi connectivity index (χ3v) is 3.36. The predicted octanol–water partition coefficient (Wildman–Crippen LogP) is 2.94. The minimum atomic E-state index is 0.503. The highest BCUT2D eigenvalue weighted by Gasteiger charge is 2.26. The van der Waals surface area contributed by atoms with Gasteiger partial charge in [-0.05, 0) is 31.1 Å². The lowest BCUT2D eigenvalue weighted by Crippen LogP contribution is -2.33. The van der Waals surface area contributed by atoms with Crippen molar-refractivity contribution >= 4 is 0 Å². The van der Waals surface area contributed by atoms with Crippen LogP contribution in [0.5, 0.6) is 0 Å². The molecule has 1 aliphatic carbocycles. The molecule has 3 atom stereocenters. The van der Waals surface area contributed by atoms with E-state index in [0.717, 1.165) is 11.8 Å². The van der Waals surface area contributed by atoms with Crippen LogP contribution in [-0.4, -0.2) is 6.04 Å². The summed E-state index contributed by atoms with van der Waals surface area (Å²) in [5.74, 6) is 1.91. The molecule has 0 amide bonds. The van der Waals surface area contributed by atoms with Crippen molar-refractivity contribution < 1.29 is 0 Å². The van der Waals surface area contributed by atoms with Gasteiger partial charge in [0.25, 0.3) is 0 Å². The monoisotopic (exact) mass is 169 g/mol. The molecule has 1 rings (SSSR count). The van der Waals surface area contributed by atoms with Crippen molar-refractivity contribution in [3.8, 4) is 0 Å². The average Bonchev–Trinajstić information content (AvgIpc) is 2.08. The van der Waals surface area contributed by atoms with Crippen molar-refractivity contribution in [1.82, 2.24) is 0 Å². The molecule has 1 nitrogen and oxygen atoms in total. The molecular weight excluding hydrogens is 146 g/mol. The first-order valence-corrected chi connectivity index (χ1v) is 5.53. The van der Waals surface area contributed by atoms with Crippen LogP contribution in [0.4, 0.5) is 0 Å². The molecule has 72 valence electrons. The third kappa shape index (κ3) is 2.48. The van der Waals surface area contributed by atoms with E-state index in [0.29, 0.717) is 6.04 Å². The summed E-state index contributed by atoms with van der Waals surface area (Å²) in [5, 5.41) is 0. The van der Waals surface area contributed by atoms with E-state index in [-0.39, 0.29) is 0 Å². The lowest BCUT2D eigenvalue weighted by molar-refractivity contribution is 0.198. The summed E-state index contributed by atoms with van der Waals surface area (Å²) in [5.41, 5.74) is 5.96. The van der Waals surface area contributed by atoms with Crippen LogP contribution >= 0.6 is 0 Å². The number of hydrogen-bond acceptors (Lipinski definition) is 1. The molecule has 0 radical (unpaired) electrons. The van der Waals surface area contributed by atoms with Crippen molar-refractivity contribution in [3.63, 3.8) is 0 Å². The molecule has 0 aliphatic heterocycles. The Labute approximate surface area is 76.7 Å². The summed E-state index contributed by atoms with van der Waals surface area (Å²) < 4.78 is 0. The number of nitrogens with two attached hydrogens (primary N) is 1. The van der Waals surface area contributed by atoms with Crippen LogP contribution in [0.25, 0.3) is 0 Å². The zero-order valence-corrected chi connectivity index (χ0v) is 8.55. The Morgan fingerprint density at radius 3 is 2.50 bits per heavy atom. The van der Waals surface area contributed by atoms with Crippen LogP contribution < -0.4 is 5.73 Å². The first kappa shape index (κ1) is 10.0. The van der Waals surface area contributed by atoms with Crippen molar-refractivity contribution in [2.75, 3.05) is 0 Å². The fourth-order valence-electron chi connectivity index (χ4n) is 2.61. The smallest absolute Gasteiger partial charge is 0.00416 e. The van der Waals surface area contributed by atoms with E-state index >= 15 is 0 Å². The van der Waals surface area contributed by atoms with Gasteiger partial charge in [0.1, 0.15) is 0 Å². The van der Waals surface area contributed by atoms with Crippen molar-refractivity contribution in [3.05, 3.63) is 0 Å². The highest BCUT2D eigenvalue weighted by atomic mass is 14.6. The van der Waals surface area contributed by atoms with Crippen LogP contribution in [0, 0.1) is 11.8 Å². The molecule has 1 saturated carbocycles. The van der Waals surface area contributed by atoms with Gasteiger partial charge in [-0.15, -0.1) is 0 Å². The molecule has 0 bridgehead atoms. The van der Waals surface area contributed by atoms with Crippen LogP contribution in [-0.2, 0) is 0 Å². The summed E-state index contributed by atoms with van der Waals surface area (Å²) >= 11 is 0. The Morgan fingerprint density at radius 1 is 1.17 bits per heavy atom. The zero-order valence-electron chi connectivity index (χ0n) is 8.55. The van der Waals surface area contributed by atoms with Gasteiger partial charge >= 0.3 is 0 Å². The molecule has 1 fully saturated rings. The second kappa shape index (κ2) is 4.86. The Bertz CT molecular complexity index is 122. The van der Waals surface area contributed by atoms with Crippen molar-refractivity contribution in [2.45, 2.75) is 58.4 Å². The molecular formula is C11H23N. The zero-order chi connectivity index (χ0) is 8.97. The molecule has 0 aromatic carbocycles. The Morgan fingerprint density at radius 2 is 1.92 bits per heavy atom. The second-order valence-corrected chi connectivity index (χ2v) is 4.29.